The highest BCUT2D eigenvalue weighted by molar-refractivity contribution is 5.91. The van der Waals surface area contributed by atoms with Crippen LogP contribution in [-0.2, 0) is 4.79 Å². The number of aliphatic hydroxyl groups excluding tert-OH is 1. The van der Waals surface area contributed by atoms with Gasteiger partial charge >= 0.3 is 0 Å². The standard InChI is InChI=1S/C20H23NO5/c1-24-17-11-14(12-18(25-2)20(17)26-3)9-10-19(23)21-13-16(22)15-7-5-4-6-8-15/h4-12,16,22H,13H2,1-3H3,(H,21,23)/b10-9+/t16-/m1/s1. The van der Waals surface area contributed by atoms with Crippen molar-refractivity contribution < 1.29 is 24.1 Å². The van der Waals surface area contributed by atoms with Crippen LogP contribution >= 0.6 is 0 Å². The molecule has 0 aliphatic rings. The third-order valence-corrected chi connectivity index (χ3v) is 3.77. The molecule has 1 amide bonds. The number of benzene rings is 2. The zero-order valence-corrected chi connectivity index (χ0v) is 15.1. The Balaban J connectivity index is 2.01. The van der Waals surface area contributed by atoms with Crippen LogP contribution in [0, 0.1) is 0 Å². The Kier molecular flexibility index (Phi) is 7.05. The molecule has 0 unspecified atom stereocenters. The number of carbonyl (C=O) groups excluding carboxylic acids is 1. The highest BCUT2D eigenvalue weighted by Gasteiger charge is 2.12. The maximum Gasteiger partial charge on any atom is 0.244 e. The molecule has 2 aromatic carbocycles. The van der Waals surface area contributed by atoms with E-state index >= 15 is 0 Å². The van der Waals surface area contributed by atoms with Crippen LogP contribution in [0.15, 0.2) is 48.5 Å². The molecule has 2 N–H and O–H groups in total. The number of carbonyl (C=O) groups is 1. The zero-order valence-electron chi connectivity index (χ0n) is 15.1. The summed E-state index contributed by atoms with van der Waals surface area (Å²) < 4.78 is 15.8. The number of hydrogen-bond donors (Lipinski definition) is 2. The molecule has 6 nitrogen and oxygen atoms in total. The molecule has 0 spiro atoms. The molecule has 6 heteroatoms. The minimum Gasteiger partial charge on any atom is -0.493 e. The van der Waals surface area contributed by atoms with Crippen LogP contribution in [0.3, 0.4) is 0 Å². The van der Waals surface area contributed by atoms with E-state index in [0.29, 0.717) is 17.2 Å². The van der Waals surface area contributed by atoms with Gasteiger partial charge in [0.15, 0.2) is 11.5 Å². The van der Waals surface area contributed by atoms with Crippen molar-refractivity contribution in [2.24, 2.45) is 0 Å². The molecule has 0 radical (unpaired) electrons. The fraction of sp³-hybridized carbons (Fsp3) is 0.250. The third-order valence-electron chi connectivity index (χ3n) is 3.77. The van der Waals surface area contributed by atoms with Gasteiger partial charge in [-0.2, -0.15) is 0 Å². The smallest absolute Gasteiger partial charge is 0.244 e. The molecule has 0 aromatic heterocycles. The largest absolute Gasteiger partial charge is 0.493 e. The molecule has 2 aromatic rings. The number of amides is 1. The fourth-order valence-corrected chi connectivity index (χ4v) is 2.42. The van der Waals surface area contributed by atoms with Gasteiger partial charge in [0.05, 0.1) is 27.4 Å². The van der Waals surface area contributed by atoms with Crippen LogP contribution in [0.1, 0.15) is 17.2 Å². The van der Waals surface area contributed by atoms with Crippen LogP contribution in [-0.4, -0.2) is 38.9 Å². The lowest BCUT2D eigenvalue weighted by atomic mass is 10.1. The Hall–Kier alpha value is -2.99. The Bertz CT molecular complexity index is 733. The summed E-state index contributed by atoms with van der Waals surface area (Å²) in [6, 6.07) is 12.6. The van der Waals surface area contributed by atoms with Crippen molar-refractivity contribution in [1.82, 2.24) is 5.32 Å². The topological polar surface area (TPSA) is 77.0 Å². The van der Waals surface area contributed by atoms with Gasteiger partial charge < -0.3 is 24.6 Å². The van der Waals surface area contributed by atoms with Crippen LogP contribution in [0.25, 0.3) is 6.08 Å². The maximum absolute atomic E-state index is 12.0. The fourth-order valence-electron chi connectivity index (χ4n) is 2.42. The summed E-state index contributed by atoms with van der Waals surface area (Å²) >= 11 is 0. The highest BCUT2D eigenvalue weighted by atomic mass is 16.5. The van der Waals surface area contributed by atoms with Gasteiger partial charge in [0.2, 0.25) is 11.7 Å². The Labute approximate surface area is 153 Å². The van der Waals surface area contributed by atoms with E-state index in [2.05, 4.69) is 5.32 Å². The molecule has 1 atom stereocenters. The monoisotopic (exact) mass is 357 g/mol. The van der Waals surface area contributed by atoms with Crippen molar-refractivity contribution in [1.29, 1.82) is 0 Å². The van der Waals surface area contributed by atoms with E-state index in [1.54, 1.807) is 18.2 Å². The van der Waals surface area contributed by atoms with Crippen LogP contribution in [0.4, 0.5) is 0 Å². The summed E-state index contributed by atoms with van der Waals surface area (Å²) in [5.74, 6) is 1.19. The first-order valence-electron chi connectivity index (χ1n) is 8.08. The average Bonchev–Trinajstić information content (AvgIpc) is 2.69. The van der Waals surface area contributed by atoms with Gasteiger partial charge in [0.25, 0.3) is 0 Å². The quantitative estimate of drug-likeness (QED) is 0.710. The molecule has 0 saturated carbocycles. The highest BCUT2D eigenvalue weighted by Crippen LogP contribution is 2.38. The minimum absolute atomic E-state index is 0.127. The van der Waals surface area contributed by atoms with Crippen molar-refractivity contribution in [3.05, 3.63) is 59.7 Å². The lowest BCUT2D eigenvalue weighted by Crippen LogP contribution is -2.26. The van der Waals surface area contributed by atoms with Gasteiger partial charge in [0.1, 0.15) is 0 Å². The molecule has 26 heavy (non-hydrogen) atoms. The Morgan fingerprint density at radius 3 is 2.23 bits per heavy atom. The van der Waals surface area contributed by atoms with E-state index in [-0.39, 0.29) is 12.5 Å². The van der Waals surface area contributed by atoms with Gasteiger partial charge in [-0.3, -0.25) is 4.79 Å². The van der Waals surface area contributed by atoms with Crippen LogP contribution in [0.2, 0.25) is 0 Å². The number of nitrogens with one attached hydrogen (secondary N) is 1. The molecular weight excluding hydrogens is 334 g/mol. The summed E-state index contributed by atoms with van der Waals surface area (Å²) in [6.07, 6.45) is 2.27. The van der Waals surface area contributed by atoms with Crippen molar-refractivity contribution in [2.45, 2.75) is 6.10 Å². The molecule has 138 valence electrons. The van der Waals surface area contributed by atoms with Gasteiger partial charge in [-0.15, -0.1) is 0 Å². The molecule has 0 bridgehead atoms. The third kappa shape index (κ3) is 5.00. The zero-order chi connectivity index (χ0) is 18.9. The predicted octanol–water partition coefficient (Wildman–Crippen LogP) is 2.58. The van der Waals surface area contributed by atoms with Crippen molar-refractivity contribution >= 4 is 12.0 Å². The molecular formula is C20H23NO5. The summed E-state index contributed by atoms with van der Waals surface area (Å²) in [6.45, 7) is 0.127. The van der Waals surface area contributed by atoms with E-state index in [9.17, 15) is 9.90 Å². The SMILES string of the molecule is COc1cc(/C=C/C(=O)NC[C@@H](O)c2ccccc2)cc(OC)c1OC. The van der Waals surface area contributed by atoms with E-state index in [4.69, 9.17) is 14.2 Å². The first kappa shape index (κ1) is 19.3. The normalized spacial score (nSPS) is 11.8. The van der Waals surface area contributed by atoms with Crippen LogP contribution in [0.5, 0.6) is 17.2 Å². The van der Waals surface area contributed by atoms with Crippen molar-refractivity contribution in [3.63, 3.8) is 0 Å². The first-order chi connectivity index (χ1) is 12.6. The number of rotatable bonds is 8. The average molecular weight is 357 g/mol. The predicted molar refractivity (Wildman–Crippen MR) is 99.5 cm³/mol. The second-order valence-electron chi connectivity index (χ2n) is 5.46. The summed E-state index contributed by atoms with van der Waals surface area (Å²) in [7, 11) is 4.59. The number of hydrogen-bond acceptors (Lipinski definition) is 5. The van der Waals surface area contributed by atoms with Crippen molar-refractivity contribution in [2.75, 3.05) is 27.9 Å². The Morgan fingerprint density at radius 2 is 1.69 bits per heavy atom. The molecule has 0 fully saturated rings. The van der Waals surface area contributed by atoms with Gasteiger partial charge in [-0.05, 0) is 29.3 Å². The number of methoxy groups -OCH3 is 3. The lowest BCUT2D eigenvalue weighted by Gasteiger charge is -2.13. The van der Waals surface area contributed by atoms with Gasteiger partial charge in [-0.1, -0.05) is 30.3 Å². The summed E-state index contributed by atoms with van der Waals surface area (Å²) in [5, 5.41) is 12.7. The van der Waals surface area contributed by atoms with E-state index in [1.165, 1.54) is 27.4 Å². The van der Waals surface area contributed by atoms with E-state index < -0.39 is 6.10 Å². The molecule has 2 rings (SSSR count). The van der Waals surface area contributed by atoms with E-state index in [0.717, 1.165) is 11.1 Å². The Morgan fingerprint density at radius 1 is 1.08 bits per heavy atom. The summed E-state index contributed by atoms with van der Waals surface area (Å²) in [4.78, 5) is 12.0. The van der Waals surface area contributed by atoms with Crippen LogP contribution < -0.4 is 19.5 Å². The van der Waals surface area contributed by atoms with Crippen molar-refractivity contribution in [3.8, 4) is 17.2 Å². The number of aliphatic hydroxyl groups is 1. The molecule has 0 heterocycles. The molecule has 0 aliphatic heterocycles. The second kappa shape index (κ2) is 9.48. The second-order valence-corrected chi connectivity index (χ2v) is 5.46. The van der Waals surface area contributed by atoms with E-state index in [1.807, 2.05) is 30.3 Å². The maximum atomic E-state index is 12.0. The van der Waals surface area contributed by atoms with Gasteiger partial charge in [0, 0.05) is 12.6 Å². The first-order valence-corrected chi connectivity index (χ1v) is 8.08. The lowest BCUT2D eigenvalue weighted by molar-refractivity contribution is -0.116. The summed E-state index contributed by atoms with van der Waals surface area (Å²) in [5.41, 5.74) is 1.47. The molecule has 0 aliphatic carbocycles. The minimum atomic E-state index is -0.755. The molecule has 0 saturated heterocycles. The number of ether oxygens (including phenoxy) is 3. The van der Waals surface area contributed by atoms with Gasteiger partial charge in [-0.25, -0.2) is 0 Å².